The number of aliphatic carboxylic acids is 1. The van der Waals surface area contributed by atoms with Gasteiger partial charge in [0, 0.05) is 25.0 Å². The van der Waals surface area contributed by atoms with Gasteiger partial charge in [-0.3, -0.25) is 4.79 Å². The van der Waals surface area contributed by atoms with Crippen LogP contribution in [0.2, 0.25) is 0 Å². The first-order valence-corrected chi connectivity index (χ1v) is 7.35. The van der Waals surface area contributed by atoms with Crippen molar-refractivity contribution in [3.8, 4) is 5.69 Å². The monoisotopic (exact) mass is 334 g/mol. The quantitative estimate of drug-likeness (QED) is 0.880. The van der Waals surface area contributed by atoms with Crippen molar-refractivity contribution in [1.82, 2.24) is 14.7 Å². The molecule has 8 heteroatoms. The van der Waals surface area contributed by atoms with Crippen LogP contribution in [0.25, 0.3) is 5.69 Å². The average Bonchev–Trinajstić information content (AvgIpc) is 2.83. The Labute approximate surface area is 138 Å². The number of anilines is 1. The lowest BCUT2D eigenvalue weighted by atomic mass is 10.2. The number of aromatic nitrogens is 2. The minimum absolute atomic E-state index is 0.0630. The molecule has 2 N–H and O–H groups in total. The second-order valence-electron chi connectivity index (χ2n) is 5.50. The Balaban J connectivity index is 2.11. The number of benzene rings is 1. The summed E-state index contributed by atoms with van der Waals surface area (Å²) in [5.41, 5.74) is 2.16. The third-order valence-electron chi connectivity index (χ3n) is 3.44. The average molecular weight is 334 g/mol. The fraction of sp³-hybridized carbons (Fsp3) is 0.312. The molecule has 0 saturated carbocycles. The van der Waals surface area contributed by atoms with Crippen LogP contribution < -0.4 is 5.32 Å². The number of nitrogens with one attached hydrogen (secondary N) is 1. The minimum atomic E-state index is -0.991. The molecule has 7 nitrogen and oxygen atoms in total. The predicted octanol–water partition coefficient (Wildman–Crippen LogP) is 2.57. The maximum Gasteiger partial charge on any atom is 0.321 e. The Morgan fingerprint density at radius 3 is 2.58 bits per heavy atom. The molecule has 0 spiro atoms. The number of carboxylic acid groups (broad SMARTS) is 1. The number of nitrogens with zero attached hydrogens (tertiary/aromatic N) is 3. The van der Waals surface area contributed by atoms with Gasteiger partial charge in [0.05, 0.1) is 12.1 Å². The Morgan fingerprint density at radius 1 is 1.33 bits per heavy atom. The number of hydrogen-bond donors (Lipinski definition) is 2. The van der Waals surface area contributed by atoms with E-state index in [2.05, 4.69) is 10.4 Å². The van der Waals surface area contributed by atoms with Crippen LogP contribution in [0.3, 0.4) is 0 Å². The lowest BCUT2D eigenvalue weighted by Crippen LogP contribution is -2.33. The second kappa shape index (κ2) is 7.12. The number of urea groups is 1. The summed E-state index contributed by atoms with van der Waals surface area (Å²) in [5, 5.41) is 15.4. The highest BCUT2D eigenvalue weighted by Gasteiger charge is 2.13. The van der Waals surface area contributed by atoms with Gasteiger partial charge in [-0.15, -0.1) is 0 Å². The standard InChI is InChI=1S/C16H19FN4O3/c1-10-8-11(2)21(19-10)14-5-4-12(9-13(14)17)18-16(24)20(3)7-6-15(22)23/h4-5,8-9H,6-7H2,1-3H3,(H,18,24)(H,22,23). The molecule has 0 fully saturated rings. The van der Waals surface area contributed by atoms with Gasteiger partial charge in [0.15, 0.2) is 5.82 Å². The van der Waals surface area contributed by atoms with E-state index < -0.39 is 17.8 Å². The first-order valence-electron chi connectivity index (χ1n) is 7.35. The number of halogens is 1. The Hall–Kier alpha value is -2.90. The molecule has 2 rings (SSSR count). The molecule has 2 amide bonds. The highest BCUT2D eigenvalue weighted by Crippen LogP contribution is 2.20. The van der Waals surface area contributed by atoms with E-state index in [1.807, 2.05) is 19.9 Å². The highest BCUT2D eigenvalue weighted by molar-refractivity contribution is 5.89. The number of carboxylic acids is 1. The molecule has 0 bridgehead atoms. The summed E-state index contributed by atoms with van der Waals surface area (Å²) in [4.78, 5) is 23.7. The predicted molar refractivity (Wildman–Crippen MR) is 86.9 cm³/mol. The molecular weight excluding hydrogens is 315 g/mol. The molecular formula is C16H19FN4O3. The van der Waals surface area contributed by atoms with E-state index in [1.165, 1.54) is 28.8 Å². The summed E-state index contributed by atoms with van der Waals surface area (Å²) in [6.07, 6.45) is -0.158. The molecule has 0 aliphatic rings. The minimum Gasteiger partial charge on any atom is -0.481 e. The molecule has 1 aromatic carbocycles. The topological polar surface area (TPSA) is 87.5 Å². The maximum atomic E-state index is 14.3. The summed E-state index contributed by atoms with van der Waals surface area (Å²) in [6, 6.07) is 5.63. The largest absolute Gasteiger partial charge is 0.481 e. The molecule has 1 aromatic heterocycles. The van der Waals surface area contributed by atoms with Crippen LogP contribution in [0.1, 0.15) is 17.8 Å². The fourth-order valence-corrected chi connectivity index (χ4v) is 2.21. The molecule has 24 heavy (non-hydrogen) atoms. The van der Waals surface area contributed by atoms with Gasteiger partial charge in [0.1, 0.15) is 5.69 Å². The molecule has 1 heterocycles. The Morgan fingerprint density at radius 2 is 2.04 bits per heavy atom. The number of rotatable bonds is 5. The number of carbonyl (C=O) groups excluding carboxylic acids is 1. The van der Waals surface area contributed by atoms with E-state index in [0.29, 0.717) is 0 Å². The normalized spacial score (nSPS) is 10.5. The van der Waals surface area contributed by atoms with Crippen molar-refractivity contribution >= 4 is 17.7 Å². The maximum absolute atomic E-state index is 14.3. The van der Waals surface area contributed by atoms with Gasteiger partial charge in [-0.1, -0.05) is 0 Å². The van der Waals surface area contributed by atoms with Crippen molar-refractivity contribution < 1.29 is 19.1 Å². The van der Waals surface area contributed by atoms with Crippen LogP contribution in [0, 0.1) is 19.7 Å². The molecule has 0 aliphatic carbocycles. The molecule has 128 valence electrons. The molecule has 0 unspecified atom stereocenters. The van der Waals surface area contributed by atoms with E-state index in [9.17, 15) is 14.0 Å². The third kappa shape index (κ3) is 4.09. The molecule has 0 atom stereocenters. The summed E-state index contributed by atoms with van der Waals surface area (Å²) >= 11 is 0. The van der Waals surface area contributed by atoms with Crippen LogP contribution in [-0.4, -0.2) is 45.4 Å². The summed E-state index contributed by atoms with van der Waals surface area (Å²) < 4.78 is 15.8. The molecule has 2 aromatic rings. The van der Waals surface area contributed by atoms with Gasteiger partial charge < -0.3 is 15.3 Å². The summed E-state index contributed by atoms with van der Waals surface area (Å²) in [5.74, 6) is -1.51. The Bertz CT molecular complexity index is 773. The zero-order valence-corrected chi connectivity index (χ0v) is 13.7. The van der Waals surface area contributed by atoms with E-state index in [4.69, 9.17) is 5.11 Å². The SMILES string of the molecule is Cc1cc(C)n(-c2ccc(NC(=O)N(C)CCC(=O)O)cc2F)n1. The number of hydrogen-bond acceptors (Lipinski definition) is 3. The summed E-state index contributed by atoms with van der Waals surface area (Å²) in [6.45, 7) is 3.71. The van der Waals surface area contributed by atoms with Gasteiger partial charge >= 0.3 is 12.0 Å². The zero-order valence-electron chi connectivity index (χ0n) is 13.7. The molecule has 0 saturated heterocycles. The van der Waals surface area contributed by atoms with E-state index >= 15 is 0 Å². The highest BCUT2D eigenvalue weighted by atomic mass is 19.1. The second-order valence-corrected chi connectivity index (χ2v) is 5.50. The zero-order chi connectivity index (χ0) is 17.9. The molecule has 0 aliphatic heterocycles. The van der Waals surface area contributed by atoms with Crippen LogP contribution in [0.4, 0.5) is 14.9 Å². The Kier molecular flexibility index (Phi) is 5.18. The van der Waals surface area contributed by atoms with Crippen LogP contribution in [-0.2, 0) is 4.79 Å². The van der Waals surface area contributed by atoms with Crippen molar-refractivity contribution in [2.75, 3.05) is 18.9 Å². The van der Waals surface area contributed by atoms with Gasteiger partial charge in [0.2, 0.25) is 0 Å². The smallest absolute Gasteiger partial charge is 0.321 e. The van der Waals surface area contributed by atoms with Crippen LogP contribution in [0.15, 0.2) is 24.3 Å². The van der Waals surface area contributed by atoms with Crippen molar-refractivity contribution in [3.63, 3.8) is 0 Å². The van der Waals surface area contributed by atoms with E-state index in [-0.39, 0.29) is 24.3 Å². The van der Waals surface area contributed by atoms with Gasteiger partial charge in [-0.05, 0) is 38.1 Å². The van der Waals surface area contributed by atoms with Crippen molar-refractivity contribution in [2.45, 2.75) is 20.3 Å². The van der Waals surface area contributed by atoms with Crippen molar-refractivity contribution in [1.29, 1.82) is 0 Å². The first-order chi connectivity index (χ1) is 11.3. The van der Waals surface area contributed by atoms with Gasteiger partial charge in [-0.2, -0.15) is 5.10 Å². The van der Waals surface area contributed by atoms with Gasteiger partial charge in [0.25, 0.3) is 0 Å². The first kappa shape index (κ1) is 17.5. The van der Waals surface area contributed by atoms with Crippen LogP contribution >= 0.6 is 0 Å². The molecule has 0 radical (unpaired) electrons. The lowest BCUT2D eigenvalue weighted by Gasteiger charge is -2.17. The summed E-state index contributed by atoms with van der Waals surface area (Å²) in [7, 11) is 1.47. The van der Waals surface area contributed by atoms with E-state index in [0.717, 1.165) is 11.4 Å². The van der Waals surface area contributed by atoms with E-state index in [1.54, 1.807) is 6.07 Å². The van der Waals surface area contributed by atoms with Crippen molar-refractivity contribution in [3.05, 3.63) is 41.5 Å². The number of carbonyl (C=O) groups is 2. The van der Waals surface area contributed by atoms with Gasteiger partial charge in [-0.25, -0.2) is 13.9 Å². The van der Waals surface area contributed by atoms with Crippen molar-refractivity contribution in [2.24, 2.45) is 0 Å². The van der Waals surface area contributed by atoms with Crippen LogP contribution in [0.5, 0.6) is 0 Å². The number of aryl methyl sites for hydroxylation is 2. The third-order valence-corrected chi connectivity index (χ3v) is 3.44. The lowest BCUT2D eigenvalue weighted by molar-refractivity contribution is -0.137. The number of amides is 2. The fourth-order valence-electron chi connectivity index (χ4n) is 2.21.